The zero-order chi connectivity index (χ0) is 17.7. The lowest BCUT2D eigenvalue weighted by Crippen LogP contribution is -2.29. The number of nitrogens with zero attached hydrogens (tertiary/aromatic N) is 2. The van der Waals surface area contributed by atoms with Crippen molar-refractivity contribution in [1.82, 2.24) is 15.1 Å². The largest absolute Gasteiger partial charge is 0.351 e. The number of amides is 1. The number of carbonyl (C=O) groups is 1. The molecule has 132 valence electrons. The molecule has 1 saturated heterocycles. The van der Waals surface area contributed by atoms with Gasteiger partial charge in [0.15, 0.2) is 5.15 Å². The second-order valence-corrected chi connectivity index (χ2v) is 7.12. The molecule has 5 rings (SSSR count). The molecule has 0 unspecified atom stereocenters. The summed E-state index contributed by atoms with van der Waals surface area (Å²) in [5, 5.41) is 16.6. The van der Waals surface area contributed by atoms with E-state index in [0.29, 0.717) is 16.8 Å². The van der Waals surface area contributed by atoms with Crippen LogP contribution < -0.4 is 16.0 Å². The van der Waals surface area contributed by atoms with E-state index in [4.69, 9.17) is 11.6 Å². The summed E-state index contributed by atoms with van der Waals surface area (Å²) >= 11 is 6.39. The van der Waals surface area contributed by atoms with Crippen LogP contribution in [0.15, 0.2) is 36.5 Å². The number of rotatable bonds is 3. The van der Waals surface area contributed by atoms with Gasteiger partial charge in [-0.1, -0.05) is 23.7 Å². The van der Waals surface area contributed by atoms with Crippen LogP contribution in [0.1, 0.15) is 29.2 Å². The first-order chi connectivity index (χ1) is 12.7. The Morgan fingerprint density at radius 2 is 2.00 bits per heavy atom. The van der Waals surface area contributed by atoms with Gasteiger partial charge in [0, 0.05) is 27.7 Å². The van der Waals surface area contributed by atoms with Crippen molar-refractivity contribution in [2.75, 3.05) is 23.7 Å². The van der Waals surface area contributed by atoms with E-state index in [9.17, 15) is 4.79 Å². The standard InChI is InChI=1S/C19H18ClN5O/c20-18-16(10-25(24-18)11-6-8-21-9-7-11)22-14-4-5-15-17-12(14)2-1-3-13(17)19(26)23-15/h1-5,10-11,21-22H,6-9H2,(H,23,26). The van der Waals surface area contributed by atoms with Crippen LogP contribution in [0, 0.1) is 0 Å². The van der Waals surface area contributed by atoms with Gasteiger partial charge in [0.2, 0.25) is 0 Å². The molecule has 0 saturated carbocycles. The number of anilines is 3. The summed E-state index contributed by atoms with van der Waals surface area (Å²) in [6, 6.07) is 10.0. The molecule has 0 aliphatic carbocycles. The van der Waals surface area contributed by atoms with Gasteiger partial charge in [-0.3, -0.25) is 9.48 Å². The predicted molar refractivity (Wildman–Crippen MR) is 104 cm³/mol. The number of piperidine rings is 1. The van der Waals surface area contributed by atoms with Crippen LogP contribution in [0.25, 0.3) is 10.8 Å². The van der Waals surface area contributed by atoms with E-state index in [1.807, 2.05) is 41.2 Å². The average molecular weight is 368 g/mol. The summed E-state index contributed by atoms with van der Waals surface area (Å²) in [5.41, 5.74) is 3.25. The number of halogens is 1. The van der Waals surface area contributed by atoms with Gasteiger partial charge in [-0.15, -0.1) is 0 Å². The van der Waals surface area contributed by atoms with Crippen molar-refractivity contribution in [3.63, 3.8) is 0 Å². The number of carbonyl (C=O) groups excluding carboxylic acids is 1. The molecule has 2 aliphatic heterocycles. The number of benzene rings is 2. The normalized spacial score (nSPS) is 16.9. The zero-order valence-electron chi connectivity index (χ0n) is 14.1. The number of hydrogen-bond acceptors (Lipinski definition) is 4. The van der Waals surface area contributed by atoms with E-state index in [-0.39, 0.29) is 5.91 Å². The molecule has 0 spiro atoms. The summed E-state index contributed by atoms with van der Waals surface area (Å²) < 4.78 is 1.97. The fourth-order valence-corrected chi connectivity index (χ4v) is 4.04. The Morgan fingerprint density at radius 1 is 1.15 bits per heavy atom. The van der Waals surface area contributed by atoms with E-state index >= 15 is 0 Å². The van der Waals surface area contributed by atoms with Crippen molar-refractivity contribution < 1.29 is 4.79 Å². The molecule has 7 heteroatoms. The maximum atomic E-state index is 12.1. The van der Waals surface area contributed by atoms with Crippen LogP contribution in [-0.2, 0) is 0 Å². The van der Waals surface area contributed by atoms with E-state index in [1.54, 1.807) is 0 Å². The van der Waals surface area contributed by atoms with Crippen molar-refractivity contribution in [2.45, 2.75) is 18.9 Å². The molecule has 3 heterocycles. The zero-order valence-corrected chi connectivity index (χ0v) is 14.8. The van der Waals surface area contributed by atoms with Gasteiger partial charge < -0.3 is 16.0 Å². The lowest BCUT2D eigenvalue weighted by Gasteiger charge is -2.22. The Hall–Kier alpha value is -2.57. The SMILES string of the molecule is O=C1Nc2ccc(Nc3cn(C4CCNCC4)nc3Cl)c3cccc1c23. The summed E-state index contributed by atoms with van der Waals surface area (Å²) in [6.45, 7) is 2.00. The summed E-state index contributed by atoms with van der Waals surface area (Å²) in [5.74, 6) is -0.0560. The van der Waals surface area contributed by atoms with E-state index < -0.39 is 0 Å². The molecule has 0 radical (unpaired) electrons. The van der Waals surface area contributed by atoms with Crippen LogP contribution in [0.5, 0.6) is 0 Å². The van der Waals surface area contributed by atoms with Crippen LogP contribution >= 0.6 is 11.6 Å². The molecular weight excluding hydrogens is 350 g/mol. The van der Waals surface area contributed by atoms with Gasteiger partial charge in [0.1, 0.15) is 0 Å². The highest BCUT2D eigenvalue weighted by atomic mass is 35.5. The number of nitrogens with one attached hydrogen (secondary N) is 3. The molecule has 2 aromatic carbocycles. The van der Waals surface area contributed by atoms with Crippen LogP contribution in [0.4, 0.5) is 17.1 Å². The third kappa shape index (κ3) is 2.45. The average Bonchev–Trinajstić information content (AvgIpc) is 3.20. The molecule has 3 aromatic rings. The summed E-state index contributed by atoms with van der Waals surface area (Å²) in [4.78, 5) is 12.1. The maximum Gasteiger partial charge on any atom is 0.256 e. The van der Waals surface area contributed by atoms with Crippen molar-refractivity contribution in [3.8, 4) is 0 Å². The first-order valence-electron chi connectivity index (χ1n) is 8.80. The molecule has 26 heavy (non-hydrogen) atoms. The third-order valence-electron chi connectivity index (χ3n) is 5.17. The minimum atomic E-state index is -0.0560. The Labute approximate surface area is 155 Å². The fourth-order valence-electron chi connectivity index (χ4n) is 3.86. The van der Waals surface area contributed by atoms with Crippen molar-refractivity contribution >= 4 is 45.3 Å². The van der Waals surface area contributed by atoms with Gasteiger partial charge >= 0.3 is 0 Å². The van der Waals surface area contributed by atoms with Crippen molar-refractivity contribution in [3.05, 3.63) is 47.2 Å². The highest BCUT2D eigenvalue weighted by Crippen LogP contribution is 2.39. The first kappa shape index (κ1) is 15.7. The second-order valence-electron chi connectivity index (χ2n) is 6.76. The van der Waals surface area contributed by atoms with E-state index in [0.717, 1.165) is 53.8 Å². The van der Waals surface area contributed by atoms with Crippen molar-refractivity contribution in [2.24, 2.45) is 0 Å². The minimum Gasteiger partial charge on any atom is -0.351 e. The maximum absolute atomic E-state index is 12.1. The Kier molecular flexibility index (Phi) is 3.62. The Bertz CT molecular complexity index is 1020. The molecule has 0 atom stereocenters. The third-order valence-corrected chi connectivity index (χ3v) is 5.45. The molecule has 0 bridgehead atoms. The van der Waals surface area contributed by atoms with Gasteiger partial charge in [0.05, 0.1) is 17.9 Å². The van der Waals surface area contributed by atoms with Crippen LogP contribution in [0.3, 0.4) is 0 Å². The fraction of sp³-hybridized carbons (Fsp3) is 0.263. The van der Waals surface area contributed by atoms with Gasteiger partial charge in [-0.05, 0) is 44.1 Å². The molecule has 1 amide bonds. The highest BCUT2D eigenvalue weighted by Gasteiger charge is 2.23. The topological polar surface area (TPSA) is 71.0 Å². The summed E-state index contributed by atoms with van der Waals surface area (Å²) in [7, 11) is 0. The van der Waals surface area contributed by atoms with Crippen LogP contribution in [0.2, 0.25) is 5.15 Å². The lowest BCUT2D eigenvalue weighted by molar-refractivity contribution is 0.103. The van der Waals surface area contributed by atoms with Gasteiger partial charge in [0.25, 0.3) is 5.91 Å². The number of hydrogen-bond donors (Lipinski definition) is 3. The molecule has 2 aliphatic rings. The predicted octanol–water partition coefficient (Wildman–Crippen LogP) is 3.92. The smallest absolute Gasteiger partial charge is 0.256 e. The van der Waals surface area contributed by atoms with Gasteiger partial charge in [-0.25, -0.2) is 0 Å². The van der Waals surface area contributed by atoms with Crippen molar-refractivity contribution in [1.29, 1.82) is 0 Å². The quantitative estimate of drug-likeness (QED) is 0.656. The monoisotopic (exact) mass is 367 g/mol. The first-order valence-corrected chi connectivity index (χ1v) is 9.18. The lowest BCUT2D eigenvalue weighted by atomic mass is 10.0. The Morgan fingerprint density at radius 3 is 2.85 bits per heavy atom. The Balaban J connectivity index is 1.52. The van der Waals surface area contributed by atoms with E-state index in [1.165, 1.54) is 0 Å². The highest BCUT2D eigenvalue weighted by molar-refractivity contribution is 6.32. The molecule has 6 nitrogen and oxygen atoms in total. The molecule has 1 fully saturated rings. The molecule has 1 aromatic heterocycles. The van der Waals surface area contributed by atoms with Crippen LogP contribution in [-0.4, -0.2) is 28.8 Å². The van der Waals surface area contributed by atoms with E-state index in [2.05, 4.69) is 21.0 Å². The number of aromatic nitrogens is 2. The second kappa shape index (κ2) is 6.00. The van der Waals surface area contributed by atoms with Gasteiger partial charge in [-0.2, -0.15) is 5.10 Å². The molecule has 3 N–H and O–H groups in total. The summed E-state index contributed by atoms with van der Waals surface area (Å²) in [6.07, 6.45) is 4.07. The molecular formula is C19H18ClN5O. The minimum absolute atomic E-state index is 0.0560.